The summed E-state index contributed by atoms with van der Waals surface area (Å²) in [4.78, 5) is 51.2. The molecule has 16 heteroatoms. The van der Waals surface area contributed by atoms with Gasteiger partial charge in [0.05, 0.1) is 50.6 Å². The van der Waals surface area contributed by atoms with Crippen LogP contribution in [0.1, 0.15) is 17.3 Å². The Kier molecular flexibility index (Phi) is 8.07. The normalized spacial score (nSPS) is 23.4. The molecule has 2 saturated heterocycles. The van der Waals surface area contributed by atoms with Crippen LogP contribution in [0.2, 0.25) is 5.02 Å². The van der Waals surface area contributed by atoms with E-state index >= 15 is 0 Å². The van der Waals surface area contributed by atoms with Gasteiger partial charge in [-0.1, -0.05) is 11.6 Å². The third kappa shape index (κ3) is 5.95. The third-order valence-electron chi connectivity index (χ3n) is 6.36. The molecule has 3 N–H and O–H groups in total. The van der Waals surface area contributed by atoms with Gasteiger partial charge in [0, 0.05) is 26.2 Å². The predicted octanol–water partition coefficient (Wildman–Crippen LogP) is 3.62. The zero-order valence-electron chi connectivity index (χ0n) is 20.4. The van der Waals surface area contributed by atoms with Crippen LogP contribution in [0.3, 0.4) is 0 Å². The summed E-state index contributed by atoms with van der Waals surface area (Å²) in [6.45, 7) is 0. The highest BCUT2D eigenvalue weighted by Crippen LogP contribution is 2.36. The monoisotopic (exact) mass is 586 g/mol. The minimum Gasteiger partial charge on any atom is -0.324 e. The van der Waals surface area contributed by atoms with E-state index in [-0.39, 0.29) is 22.2 Å². The van der Waals surface area contributed by atoms with Crippen molar-refractivity contribution in [1.82, 2.24) is 20.4 Å². The van der Waals surface area contributed by atoms with E-state index in [1.54, 1.807) is 0 Å². The number of fused-ring (bicyclic) bond motifs is 1. The maximum Gasteiger partial charge on any atom is 0.416 e. The molecule has 0 saturated carbocycles. The molecule has 0 bridgehead atoms. The summed E-state index contributed by atoms with van der Waals surface area (Å²) in [5.74, 6) is -2.26. The average Bonchev–Trinajstić information content (AvgIpc) is 2.89. The van der Waals surface area contributed by atoms with Crippen molar-refractivity contribution in [3.05, 3.63) is 68.7 Å². The molecule has 11 nitrogen and oxygen atoms in total. The zero-order valence-corrected chi connectivity index (χ0v) is 21.9. The van der Waals surface area contributed by atoms with E-state index < -0.39 is 58.1 Å². The van der Waals surface area contributed by atoms with Gasteiger partial charge in [0.25, 0.3) is 5.69 Å². The Morgan fingerprint density at radius 2 is 1.82 bits per heavy atom. The summed E-state index contributed by atoms with van der Waals surface area (Å²) in [6, 6.07) is 7.68. The molecule has 0 aliphatic carbocycles. The fraction of sp³-hybridized carbons (Fsp3) is 0.348. The average molecular weight is 587 g/mol. The van der Waals surface area contributed by atoms with Gasteiger partial charge in [-0.15, -0.1) is 11.8 Å². The molecule has 4 atom stereocenters. The number of nitrogens with one attached hydrogen (secondary N) is 3. The molecule has 0 spiro atoms. The smallest absolute Gasteiger partial charge is 0.324 e. The SMILES string of the molecule is CN1C(=O)C2C(SCC(=O)Nc3cc(C(F)(F)F)ccc3Cl)NC(c3ccc([N+](=O)[O-])cc3)NC2N(C)C1=O. The van der Waals surface area contributed by atoms with Crippen LogP contribution in [0.5, 0.6) is 0 Å². The van der Waals surface area contributed by atoms with Crippen LogP contribution in [0.25, 0.3) is 0 Å². The number of benzene rings is 2. The van der Waals surface area contributed by atoms with Gasteiger partial charge in [-0.25, -0.2) is 4.79 Å². The van der Waals surface area contributed by atoms with Crippen LogP contribution >= 0.6 is 23.4 Å². The first-order chi connectivity index (χ1) is 18.3. The first kappa shape index (κ1) is 28.6. The molecule has 208 valence electrons. The number of thioether (sulfide) groups is 1. The second-order valence-electron chi connectivity index (χ2n) is 8.85. The van der Waals surface area contributed by atoms with Crippen LogP contribution in [0.15, 0.2) is 42.5 Å². The molecular formula is C23H22ClF3N6O5S. The highest BCUT2D eigenvalue weighted by atomic mass is 35.5. The lowest BCUT2D eigenvalue weighted by Crippen LogP contribution is -2.72. The number of alkyl halides is 3. The Balaban J connectivity index is 1.54. The summed E-state index contributed by atoms with van der Waals surface area (Å²) in [5, 5.41) is 19.0. The van der Waals surface area contributed by atoms with Crippen molar-refractivity contribution in [2.45, 2.75) is 23.9 Å². The zero-order chi connectivity index (χ0) is 28.6. The van der Waals surface area contributed by atoms with Crippen molar-refractivity contribution in [3.8, 4) is 0 Å². The summed E-state index contributed by atoms with van der Waals surface area (Å²) in [5.41, 5.74) is -0.731. The summed E-state index contributed by atoms with van der Waals surface area (Å²) < 4.78 is 39.2. The van der Waals surface area contributed by atoms with Gasteiger partial charge in [0.15, 0.2) is 0 Å². The number of hydrogen-bond acceptors (Lipinski definition) is 8. The van der Waals surface area contributed by atoms with Crippen LogP contribution in [0, 0.1) is 16.0 Å². The molecule has 2 fully saturated rings. The largest absolute Gasteiger partial charge is 0.416 e. The predicted molar refractivity (Wildman–Crippen MR) is 137 cm³/mol. The number of non-ortho nitro benzene ring substituents is 1. The highest BCUT2D eigenvalue weighted by molar-refractivity contribution is 8.00. The fourth-order valence-electron chi connectivity index (χ4n) is 4.33. The number of carbonyl (C=O) groups excluding carboxylic acids is 3. The minimum absolute atomic E-state index is 0.0798. The van der Waals surface area contributed by atoms with E-state index in [0.717, 1.165) is 34.9 Å². The lowest BCUT2D eigenvalue weighted by molar-refractivity contribution is -0.384. The molecule has 2 heterocycles. The second kappa shape index (κ2) is 11.0. The lowest BCUT2D eigenvalue weighted by Gasteiger charge is -2.50. The number of imide groups is 1. The van der Waals surface area contributed by atoms with E-state index in [0.29, 0.717) is 5.56 Å². The van der Waals surface area contributed by atoms with Gasteiger partial charge < -0.3 is 10.2 Å². The summed E-state index contributed by atoms with van der Waals surface area (Å²) >= 11 is 6.99. The van der Waals surface area contributed by atoms with E-state index in [4.69, 9.17) is 11.6 Å². The van der Waals surface area contributed by atoms with Gasteiger partial charge in [-0.3, -0.25) is 35.2 Å². The Morgan fingerprint density at radius 1 is 1.15 bits per heavy atom. The first-order valence-electron chi connectivity index (χ1n) is 11.4. The Morgan fingerprint density at radius 3 is 2.44 bits per heavy atom. The lowest BCUT2D eigenvalue weighted by atomic mass is 9.96. The van der Waals surface area contributed by atoms with Crippen molar-refractivity contribution < 1.29 is 32.5 Å². The summed E-state index contributed by atoms with van der Waals surface area (Å²) in [7, 11) is 2.85. The number of nitro groups is 1. The fourth-order valence-corrected chi connectivity index (χ4v) is 5.60. The molecule has 2 aliphatic rings. The van der Waals surface area contributed by atoms with E-state index in [9.17, 15) is 37.7 Å². The maximum atomic E-state index is 13.1. The number of nitrogens with zero attached hydrogens (tertiary/aromatic N) is 3. The molecular weight excluding hydrogens is 565 g/mol. The molecule has 4 amide bonds. The van der Waals surface area contributed by atoms with Crippen LogP contribution in [-0.4, -0.2) is 64.0 Å². The molecule has 4 unspecified atom stereocenters. The van der Waals surface area contributed by atoms with E-state index in [1.165, 1.54) is 43.3 Å². The van der Waals surface area contributed by atoms with Gasteiger partial charge in [-0.2, -0.15) is 13.2 Å². The van der Waals surface area contributed by atoms with Crippen molar-refractivity contribution >= 4 is 52.6 Å². The number of amides is 4. The Hall–Kier alpha value is -3.40. The number of carbonyl (C=O) groups is 3. The second-order valence-corrected chi connectivity index (χ2v) is 10.4. The maximum absolute atomic E-state index is 13.1. The first-order valence-corrected chi connectivity index (χ1v) is 12.8. The van der Waals surface area contributed by atoms with Gasteiger partial charge in [0.1, 0.15) is 0 Å². The van der Waals surface area contributed by atoms with Crippen LogP contribution in [0.4, 0.5) is 29.3 Å². The van der Waals surface area contributed by atoms with Gasteiger partial charge in [-0.05, 0) is 35.9 Å². The molecule has 0 radical (unpaired) electrons. The molecule has 2 aromatic carbocycles. The molecule has 2 aromatic rings. The van der Waals surface area contributed by atoms with Crippen molar-refractivity contribution in [1.29, 1.82) is 0 Å². The Bertz CT molecular complexity index is 1310. The van der Waals surface area contributed by atoms with Crippen molar-refractivity contribution in [2.24, 2.45) is 5.92 Å². The number of anilines is 1. The molecule has 0 aromatic heterocycles. The number of hydrogen-bond donors (Lipinski definition) is 3. The van der Waals surface area contributed by atoms with Crippen molar-refractivity contribution in [3.63, 3.8) is 0 Å². The quantitative estimate of drug-likeness (QED) is 0.345. The standard InChI is InChI=1S/C23H22ClF3N6O5S/c1-31-19-17(21(35)32(2)22(31)36)20(30-18(29-19)11-3-6-13(7-4-11)33(37)38)39-10-16(34)28-15-9-12(23(25,26)27)5-8-14(15)24/h3-9,17-20,29-30H,10H2,1-2H3,(H,28,34). The summed E-state index contributed by atoms with van der Waals surface area (Å²) in [6.07, 6.45) is -6.06. The minimum atomic E-state index is -4.63. The highest BCUT2D eigenvalue weighted by Gasteiger charge is 2.51. The van der Waals surface area contributed by atoms with E-state index in [1.807, 2.05) is 0 Å². The third-order valence-corrected chi connectivity index (χ3v) is 7.90. The number of urea groups is 1. The molecule has 39 heavy (non-hydrogen) atoms. The van der Waals surface area contributed by atoms with Crippen LogP contribution in [-0.2, 0) is 15.8 Å². The molecule has 2 aliphatic heterocycles. The Labute approximate surface area is 229 Å². The van der Waals surface area contributed by atoms with Crippen molar-refractivity contribution in [2.75, 3.05) is 25.2 Å². The van der Waals surface area contributed by atoms with Crippen LogP contribution < -0.4 is 16.0 Å². The molecule has 4 rings (SSSR count). The number of rotatable bonds is 6. The van der Waals surface area contributed by atoms with Gasteiger partial charge >= 0.3 is 12.2 Å². The topological polar surface area (TPSA) is 137 Å². The van der Waals surface area contributed by atoms with E-state index in [2.05, 4.69) is 16.0 Å². The van der Waals surface area contributed by atoms with Gasteiger partial charge in [0.2, 0.25) is 11.8 Å². The number of halogens is 4. The number of nitro benzene ring substituents is 1.